The molecule has 0 aliphatic rings. The second-order valence-electron chi connectivity index (χ2n) is 3.98. The summed E-state index contributed by atoms with van der Waals surface area (Å²) >= 11 is 0. The topological polar surface area (TPSA) is 61.5 Å². The van der Waals surface area contributed by atoms with Crippen molar-refractivity contribution in [3.63, 3.8) is 0 Å². The number of rotatable bonds is 1. The van der Waals surface area contributed by atoms with Crippen LogP contribution < -0.4 is 5.56 Å². The first-order valence-corrected chi connectivity index (χ1v) is 5.38. The number of pyridine rings is 2. The first-order valence-electron chi connectivity index (χ1n) is 5.38. The molecule has 0 spiro atoms. The van der Waals surface area contributed by atoms with Crippen LogP contribution >= 0.6 is 0 Å². The van der Waals surface area contributed by atoms with Crippen LogP contribution in [0.1, 0.15) is 5.56 Å². The van der Waals surface area contributed by atoms with E-state index in [0.29, 0.717) is 5.56 Å². The Hall–Kier alpha value is -2.36. The molecular weight excluding hydrogens is 214 g/mol. The lowest BCUT2D eigenvalue weighted by atomic mass is 10.1. The Morgan fingerprint density at radius 2 is 2.06 bits per heavy atom. The number of nitrogens with one attached hydrogen (secondary N) is 2. The fraction of sp³-hybridized carbons (Fsp3) is 0.0769. The van der Waals surface area contributed by atoms with Crippen LogP contribution in [0.4, 0.5) is 0 Å². The summed E-state index contributed by atoms with van der Waals surface area (Å²) in [4.78, 5) is 21.8. The number of hydrogen-bond donors (Lipinski definition) is 2. The standard InChI is InChI=1S/C13H11N3O/c1-8-2-3-11(16-13(8)17)9-4-6-14-12-10(9)5-7-15-12/h2-7H,1H3,(H,14,15)(H,16,17). The van der Waals surface area contributed by atoms with E-state index in [-0.39, 0.29) is 5.56 Å². The van der Waals surface area contributed by atoms with Crippen LogP contribution in [0.2, 0.25) is 0 Å². The van der Waals surface area contributed by atoms with E-state index in [2.05, 4.69) is 15.0 Å². The van der Waals surface area contributed by atoms with Gasteiger partial charge in [-0.05, 0) is 25.1 Å². The van der Waals surface area contributed by atoms with Gasteiger partial charge in [0.2, 0.25) is 0 Å². The minimum Gasteiger partial charge on any atom is -0.346 e. The maximum Gasteiger partial charge on any atom is 0.251 e. The van der Waals surface area contributed by atoms with Crippen LogP contribution in [0.15, 0.2) is 41.5 Å². The summed E-state index contributed by atoms with van der Waals surface area (Å²) in [6.07, 6.45) is 3.57. The minimum atomic E-state index is -0.0528. The van der Waals surface area contributed by atoms with Crippen molar-refractivity contribution < 1.29 is 0 Å². The van der Waals surface area contributed by atoms with Gasteiger partial charge in [-0.2, -0.15) is 0 Å². The first-order chi connectivity index (χ1) is 8.25. The third-order valence-electron chi connectivity index (χ3n) is 2.86. The highest BCUT2D eigenvalue weighted by Gasteiger charge is 2.06. The molecule has 0 unspecified atom stereocenters. The SMILES string of the molecule is Cc1ccc(-c2ccnc3[nH]ccc23)[nH]c1=O. The largest absolute Gasteiger partial charge is 0.346 e. The van der Waals surface area contributed by atoms with Gasteiger partial charge >= 0.3 is 0 Å². The number of aromatic amines is 2. The lowest BCUT2D eigenvalue weighted by molar-refractivity contribution is 1.19. The van der Waals surface area contributed by atoms with Gasteiger partial charge in [-0.25, -0.2) is 4.98 Å². The molecule has 4 nitrogen and oxygen atoms in total. The molecule has 0 bridgehead atoms. The Morgan fingerprint density at radius 3 is 2.88 bits per heavy atom. The zero-order chi connectivity index (χ0) is 11.8. The molecule has 17 heavy (non-hydrogen) atoms. The van der Waals surface area contributed by atoms with E-state index in [1.807, 2.05) is 30.5 Å². The molecule has 0 saturated heterocycles. The molecule has 0 aliphatic carbocycles. The summed E-state index contributed by atoms with van der Waals surface area (Å²) in [7, 11) is 0. The predicted molar refractivity (Wildman–Crippen MR) is 66.9 cm³/mol. The number of fused-ring (bicyclic) bond motifs is 1. The van der Waals surface area contributed by atoms with Gasteiger partial charge in [0.1, 0.15) is 5.65 Å². The van der Waals surface area contributed by atoms with Gasteiger partial charge in [0, 0.05) is 34.6 Å². The van der Waals surface area contributed by atoms with Crippen LogP contribution in [0.3, 0.4) is 0 Å². The van der Waals surface area contributed by atoms with Gasteiger partial charge in [-0.1, -0.05) is 6.07 Å². The summed E-state index contributed by atoms with van der Waals surface area (Å²) in [5.74, 6) is 0. The molecule has 0 aromatic carbocycles. The molecule has 0 aliphatic heterocycles. The van der Waals surface area contributed by atoms with Crippen molar-refractivity contribution in [2.75, 3.05) is 0 Å². The van der Waals surface area contributed by atoms with Crippen LogP contribution in [-0.4, -0.2) is 15.0 Å². The fourth-order valence-electron chi connectivity index (χ4n) is 1.90. The molecule has 3 rings (SSSR count). The fourth-order valence-corrected chi connectivity index (χ4v) is 1.90. The third-order valence-corrected chi connectivity index (χ3v) is 2.86. The van der Waals surface area contributed by atoms with Gasteiger partial charge in [-0.15, -0.1) is 0 Å². The van der Waals surface area contributed by atoms with Crippen LogP contribution in [-0.2, 0) is 0 Å². The second-order valence-corrected chi connectivity index (χ2v) is 3.98. The van der Waals surface area contributed by atoms with E-state index < -0.39 is 0 Å². The number of hydrogen-bond acceptors (Lipinski definition) is 2. The maximum atomic E-state index is 11.6. The lowest BCUT2D eigenvalue weighted by Gasteiger charge is -2.03. The number of H-pyrrole nitrogens is 2. The Labute approximate surface area is 97.3 Å². The molecule has 0 radical (unpaired) electrons. The molecule has 0 atom stereocenters. The molecular formula is C13H11N3O. The van der Waals surface area contributed by atoms with Crippen molar-refractivity contribution in [2.45, 2.75) is 6.92 Å². The maximum absolute atomic E-state index is 11.6. The predicted octanol–water partition coefficient (Wildman–Crippen LogP) is 2.23. The molecule has 0 fully saturated rings. The second kappa shape index (κ2) is 3.59. The molecule has 0 saturated carbocycles. The Balaban J connectivity index is 2.30. The Kier molecular flexibility index (Phi) is 2.08. The quantitative estimate of drug-likeness (QED) is 0.667. The van der Waals surface area contributed by atoms with E-state index >= 15 is 0 Å². The average Bonchev–Trinajstić information content (AvgIpc) is 2.80. The van der Waals surface area contributed by atoms with Crippen molar-refractivity contribution >= 4 is 11.0 Å². The molecule has 3 heterocycles. The number of aromatic nitrogens is 3. The molecule has 4 heteroatoms. The van der Waals surface area contributed by atoms with E-state index in [9.17, 15) is 4.79 Å². The molecule has 3 aromatic heterocycles. The Bertz CT molecular complexity index is 740. The van der Waals surface area contributed by atoms with E-state index in [0.717, 1.165) is 22.3 Å². The average molecular weight is 225 g/mol. The molecule has 2 N–H and O–H groups in total. The number of nitrogens with zero attached hydrogens (tertiary/aromatic N) is 1. The molecule has 0 amide bonds. The zero-order valence-electron chi connectivity index (χ0n) is 9.32. The minimum absolute atomic E-state index is 0.0528. The summed E-state index contributed by atoms with van der Waals surface area (Å²) < 4.78 is 0. The highest BCUT2D eigenvalue weighted by molar-refractivity contribution is 5.91. The highest BCUT2D eigenvalue weighted by atomic mass is 16.1. The summed E-state index contributed by atoms with van der Waals surface area (Å²) in [5, 5.41) is 1.01. The molecule has 3 aromatic rings. The summed E-state index contributed by atoms with van der Waals surface area (Å²) in [6.45, 7) is 1.79. The zero-order valence-corrected chi connectivity index (χ0v) is 9.32. The normalized spacial score (nSPS) is 10.9. The van der Waals surface area contributed by atoms with Gasteiger partial charge in [0.05, 0.1) is 0 Å². The van der Waals surface area contributed by atoms with E-state index in [1.54, 1.807) is 13.1 Å². The van der Waals surface area contributed by atoms with Crippen molar-refractivity contribution in [1.82, 2.24) is 15.0 Å². The third kappa shape index (κ3) is 1.54. The number of aryl methyl sites for hydroxylation is 1. The van der Waals surface area contributed by atoms with Gasteiger partial charge < -0.3 is 9.97 Å². The smallest absolute Gasteiger partial charge is 0.251 e. The lowest BCUT2D eigenvalue weighted by Crippen LogP contribution is -2.09. The van der Waals surface area contributed by atoms with Crippen LogP contribution in [0.5, 0.6) is 0 Å². The first kappa shape index (κ1) is 9.84. The summed E-state index contributed by atoms with van der Waals surface area (Å²) in [5.41, 5.74) is 3.28. The van der Waals surface area contributed by atoms with E-state index in [1.165, 1.54) is 0 Å². The van der Waals surface area contributed by atoms with Gasteiger partial charge in [0.25, 0.3) is 5.56 Å². The highest BCUT2D eigenvalue weighted by Crippen LogP contribution is 2.24. The molecule has 84 valence electrons. The van der Waals surface area contributed by atoms with Crippen molar-refractivity contribution in [2.24, 2.45) is 0 Å². The Morgan fingerprint density at radius 1 is 1.18 bits per heavy atom. The van der Waals surface area contributed by atoms with Crippen molar-refractivity contribution in [3.05, 3.63) is 52.6 Å². The van der Waals surface area contributed by atoms with Gasteiger partial charge in [0.15, 0.2) is 0 Å². The summed E-state index contributed by atoms with van der Waals surface area (Å²) in [6, 6.07) is 7.60. The van der Waals surface area contributed by atoms with Crippen LogP contribution in [0, 0.1) is 6.92 Å². The monoisotopic (exact) mass is 225 g/mol. The van der Waals surface area contributed by atoms with Crippen molar-refractivity contribution in [3.8, 4) is 11.3 Å². The van der Waals surface area contributed by atoms with E-state index in [4.69, 9.17) is 0 Å². The van der Waals surface area contributed by atoms with Crippen molar-refractivity contribution in [1.29, 1.82) is 0 Å². The van der Waals surface area contributed by atoms with Crippen LogP contribution in [0.25, 0.3) is 22.3 Å². The van der Waals surface area contributed by atoms with Gasteiger partial charge in [-0.3, -0.25) is 4.79 Å².